The Morgan fingerprint density at radius 2 is 2.22 bits per heavy atom. The fraction of sp³-hybridized carbons (Fsp3) is 0.550. The Bertz CT molecular complexity index is 759. The number of nitrogens with zero attached hydrogens (tertiary/aromatic N) is 4. The number of hydrogen-bond donors (Lipinski definition) is 1. The Morgan fingerprint density at radius 1 is 1.37 bits per heavy atom. The number of aromatic nitrogens is 3. The predicted octanol–water partition coefficient (Wildman–Crippen LogP) is 3.52. The van der Waals surface area contributed by atoms with Gasteiger partial charge in [-0.1, -0.05) is 13.0 Å². The number of urea groups is 1. The smallest absolute Gasteiger partial charge is 0.322 e. The Balaban J connectivity index is 1.57. The van der Waals surface area contributed by atoms with Crippen molar-refractivity contribution in [3.05, 3.63) is 41.5 Å². The Hall–Kier alpha value is -2.41. The fourth-order valence-corrected chi connectivity index (χ4v) is 3.44. The maximum atomic E-state index is 12.8. The number of aryl methyl sites for hydroxylation is 2. The summed E-state index contributed by atoms with van der Waals surface area (Å²) in [4.78, 5) is 18.9. The number of nitrogens with one attached hydrogen (secondary N) is 1. The second kappa shape index (κ2) is 8.99. The highest BCUT2D eigenvalue weighted by atomic mass is 16.5. The van der Waals surface area contributed by atoms with Gasteiger partial charge in [-0.25, -0.2) is 4.79 Å². The molecule has 2 amide bonds. The lowest BCUT2D eigenvalue weighted by molar-refractivity contribution is -0.000327. The molecule has 2 aromatic rings. The third-order valence-electron chi connectivity index (χ3n) is 4.91. The van der Waals surface area contributed by atoms with Crippen LogP contribution in [0.25, 0.3) is 0 Å². The zero-order valence-electron chi connectivity index (χ0n) is 16.4. The minimum Gasteiger partial charge on any atom is -0.370 e. The van der Waals surface area contributed by atoms with Crippen molar-refractivity contribution in [3.63, 3.8) is 0 Å². The molecule has 7 nitrogen and oxygen atoms in total. The maximum Gasteiger partial charge on any atom is 0.322 e. The number of hydrogen-bond acceptors (Lipinski definition) is 4. The van der Waals surface area contributed by atoms with Gasteiger partial charge in [-0.2, -0.15) is 5.10 Å². The number of pyridine rings is 1. The quantitative estimate of drug-likeness (QED) is 0.843. The number of anilines is 1. The number of piperidine rings is 1. The van der Waals surface area contributed by atoms with Crippen LogP contribution in [0.1, 0.15) is 43.3 Å². The molecule has 0 saturated carbocycles. The van der Waals surface area contributed by atoms with Gasteiger partial charge in [0.1, 0.15) is 0 Å². The first kappa shape index (κ1) is 19.4. The van der Waals surface area contributed by atoms with Crippen molar-refractivity contribution in [2.75, 3.05) is 18.4 Å². The van der Waals surface area contributed by atoms with Gasteiger partial charge in [0.05, 0.1) is 35.5 Å². The average molecular weight is 371 g/mol. The summed E-state index contributed by atoms with van der Waals surface area (Å²) in [7, 11) is 0. The van der Waals surface area contributed by atoms with Crippen LogP contribution in [-0.2, 0) is 17.9 Å². The summed E-state index contributed by atoms with van der Waals surface area (Å²) in [5.41, 5.74) is 3.59. The number of amides is 2. The molecular formula is C20H29N5O2. The second-order valence-corrected chi connectivity index (χ2v) is 7.04. The maximum absolute atomic E-state index is 12.8. The molecule has 27 heavy (non-hydrogen) atoms. The van der Waals surface area contributed by atoms with Crippen LogP contribution >= 0.6 is 0 Å². The van der Waals surface area contributed by atoms with Crippen molar-refractivity contribution in [2.24, 2.45) is 0 Å². The molecular weight excluding hydrogens is 342 g/mol. The summed E-state index contributed by atoms with van der Waals surface area (Å²) in [5, 5.41) is 7.58. The molecule has 1 unspecified atom stereocenters. The van der Waals surface area contributed by atoms with Crippen LogP contribution in [0.5, 0.6) is 0 Å². The van der Waals surface area contributed by atoms with E-state index in [0.29, 0.717) is 13.2 Å². The van der Waals surface area contributed by atoms with Crippen LogP contribution in [0.2, 0.25) is 0 Å². The molecule has 7 heteroatoms. The SMILES string of the molecule is CCCn1nc(C)c(NC(=O)N2CCCC(OCc3ccccn3)C2)c1C. The van der Waals surface area contributed by atoms with Crippen molar-refractivity contribution in [1.29, 1.82) is 0 Å². The molecule has 0 radical (unpaired) electrons. The van der Waals surface area contributed by atoms with Gasteiger partial charge in [0.2, 0.25) is 0 Å². The molecule has 0 spiro atoms. The molecule has 1 atom stereocenters. The third kappa shape index (κ3) is 4.86. The lowest BCUT2D eigenvalue weighted by atomic mass is 10.1. The fourth-order valence-electron chi connectivity index (χ4n) is 3.44. The minimum atomic E-state index is -0.0802. The van der Waals surface area contributed by atoms with Crippen LogP contribution in [0.4, 0.5) is 10.5 Å². The van der Waals surface area contributed by atoms with Crippen LogP contribution in [0.3, 0.4) is 0 Å². The van der Waals surface area contributed by atoms with E-state index < -0.39 is 0 Å². The van der Waals surface area contributed by atoms with E-state index in [1.54, 1.807) is 6.20 Å². The Kier molecular flexibility index (Phi) is 6.45. The van der Waals surface area contributed by atoms with Crippen LogP contribution in [-0.4, -0.2) is 44.9 Å². The normalized spacial score (nSPS) is 17.1. The largest absolute Gasteiger partial charge is 0.370 e. The van der Waals surface area contributed by atoms with Crippen LogP contribution in [0.15, 0.2) is 24.4 Å². The lowest BCUT2D eigenvalue weighted by Gasteiger charge is -2.32. The summed E-state index contributed by atoms with van der Waals surface area (Å²) < 4.78 is 7.94. The molecule has 0 aromatic carbocycles. The number of likely N-dealkylation sites (tertiary alicyclic amines) is 1. The highest BCUT2D eigenvalue weighted by molar-refractivity contribution is 5.90. The Morgan fingerprint density at radius 3 is 2.96 bits per heavy atom. The Labute approximate surface area is 160 Å². The highest BCUT2D eigenvalue weighted by Crippen LogP contribution is 2.22. The van der Waals surface area contributed by atoms with Crippen molar-refractivity contribution >= 4 is 11.7 Å². The van der Waals surface area contributed by atoms with E-state index in [1.165, 1.54) is 0 Å². The third-order valence-corrected chi connectivity index (χ3v) is 4.91. The van der Waals surface area contributed by atoms with E-state index in [9.17, 15) is 4.79 Å². The minimum absolute atomic E-state index is 0.0384. The molecule has 3 rings (SSSR count). The topological polar surface area (TPSA) is 72.3 Å². The molecule has 1 fully saturated rings. The first-order chi connectivity index (χ1) is 13.1. The summed E-state index contributed by atoms with van der Waals surface area (Å²) in [6.45, 7) is 8.73. The van der Waals surface area contributed by atoms with E-state index in [1.807, 2.05) is 41.6 Å². The molecule has 1 N–H and O–H groups in total. The molecule has 2 aromatic heterocycles. The van der Waals surface area contributed by atoms with Gasteiger partial charge in [-0.05, 0) is 45.2 Å². The second-order valence-electron chi connectivity index (χ2n) is 7.04. The van der Waals surface area contributed by atoms with Crippen molar-refractivity contribution in [1.82, 2.24) is 19.7 Å². The first-order valence-corrected chi connectivity index (χ1v) is 9.70. The van der Waals surface area contributed by atoms with Gasteiger partial charge in [-0.15, -0.1) is 0 Å². The van der Waals surface area contributed by atoms with E-state index in [0.717, 1.165) is 55.1 Å². The standard InChI is InChI=1S/C20H29N5O2/c1-4-11-25-16(3)19(15(2)23-25)22-20(26)24-12-7-9-18(13-24)27-14-17-8-5-6-10-21-17/h5-6,8,10,18H,4,7,9,11-14H2,1-3H3,(H,22,26). The van der Waals surface area contributed by atoms with E-state index in [4.69, 9.17) is 4.74 Å². The van der Waals surface area contributed by atoms with E-state index in [-0.39, 0.29) is 12.1 Å². The number of rotatable bonds is 6. The molecule has 146 valence electrons. The van der Waals surface area contributed by atoms with Gasteiger partial charge in [0, 0.05) is 25.8 Å². The molecule has 0 aliphatic carbocycles. The van der Waals surface area contributed by atoms with Crippen LogP contribution < -0.4 is 5.32 Å². The molecule has 1 aliphatic heterocycles. The van der Waals surface area contributed by atoms with E-state index in [2.05, 4.69) is 22.3 Å². The lowest BCUT2D eigenvalue weighted by Crippen LogP contribution is -2.45. The average Bonchev–Trinajstić information content (AvgIpc) is 2.95. The van der Waals surface area contributed by atoms with Crippen LogP contribution in [0, 0.1) is 13.8 Å². The predicted molar refractivity (Wildman–Crippen MR) is 105 cm³/mol. The summed E-state index contributed by atoms with van der Waals surface area (Å²) in [6.07, 6.45) is 4.71. The zero-order valence-corrected chi connectivity index (χ0v) is 16.4. The molecule has 1 saturated heterocycles. The van der Waals surface area contributed by atoms with E-state index >= 15 is 0 Å². The summed E-state index contributed by atoms with van der Waals surface area (Å²) in [5.74, 6) is 0. The molecule has 3 heterocycles. The highest BCUT2D eigenvalue weighted by Gasteiger charge is 2.25. The number of carbonyl (C=O) groups excluding carboxylic acids is 1. The van der Waals surface area contributed by atoms with Gasteiger partial charge in [0.25, 0.3) is 0 Å². The van der Waals surface area contributed by atoms with Crippen molar-refractivity contribution in [2.45, 2.75) is 59.3 Å². The van der Waals surface area contributed by atoms with Gasteiger partial charge >= 0.3 is 6.03 Å². The number of carbonyl (C=O) groups is 1. The first-order valence-electron chi connectivity index (χ1n) is 9.70. The monoisotopic (exact) mass is 371 g/mol. The molecule has 0 bridgehead atoms. The summed E-state index contributed by atoms with van der Waals surface area (Å²) in [6, 6.07) is 5.72. The molecule has 1 aliphatic rings. The number of ether oxygens (including phenoxy) is 1. The van der Waals surface area contributed by atoms with Gasteiger partial charge < -0.3 is 15.0 Å². The summed E-state index contributed by atoms with van der Waals surface area (Å²) >= 11 is 0. The van der Waals surface area contributed by atoms with Crippen molar-refractivity contribution < 1.29 is 9.53 Å². The zero-order chi connectivity index (χ0) is 19.2. The van der Waals surface area contributed by atoms with Gasteiger partial charge in [0.15, 0.2) is 0 Å². The van der Waals surface area contributed by atoms with Crippen molar-refractivity contribution in [3.8, 4) is 0 Å². The van der Waals surface area contributed by atoms with Gasteiger partial charge in [-0.3, -0.25) is 9.67 Å².